The molecule has 0 radical (unpaired) electrons. The van der Waals surface area contributed by atoms with E-state index in [-0.39, 0.29) is 11.7 Å². The second-order valence-corrected chi connectivity index (χ2v) is 5.61. The van der Waals surface area contributed by atoms with Crippen LogP contribution < -0.4 is 5.32 Å². The van der Waals surface area contributed by atoms with Gasteiger partial charge in [-0.05, 0) is 24.6 Å². The number of hydrogen-bond donors (Lipinski definition) is 1. The van der Waals surface area contributed by atoms with Crippen molar-refractivity contribution in [3.63, 3.8) is 0 Å². The van der Waals surface area contributed by atoms with Gasteiger partial charge in [0.05, 0.1) is 11.4 Å². The summed E-state index contributed by atoms with van der Waals surface area (Å²) in [6.45, 7) is 1.50. The Morgan fingerprint density at radius 2 is 1.67 bits per heavy atom. The molecule has 0 aliphatic carbocycles. The summed E-state index contributed by atoms with van der Waals surface area (Å²) in [6, 6.07) is 17.1. The molecule has 1 N–H and O–H groups in total. The van der Waals surface area contributed by atoms with Crippen LogP contribution in [0.5, 0.6) is 0 Å². The lowest BCUT2D eigenvalue weighted by Gasteiger charge is -2.08. The van der Waals surface area contributed by atoms with Crippen molar-refractivity contribution < 1.29 is 9.59 Å². The van der Waals surface area contributed by atoms with Crippen molar-refractivity contribution in [1.29, 1.82) is 0 Å². The van der Waals surface area contributed by atoms with Gasteiger partial charge in [-0.25, -0.2) is 0 Å². The van der Waals surface area contributed by atoms with E-state index in [2.05, 4.69) is 5.32 Å². The minimum Gasteiger partial charge on any atom is -0.325 e. The SMILES string of the molecule is CC(=O)c1ccccc1NC(=O)CSCc1ccccc1. The average molecular weight is 299 g/mol. The number of carbonyl (C=O) groups excluding carboxylic acids is 2. The number of para-hydroxylation sites is 1. The van der Waals surface area contributed by atoms with Crippen LogP contribution in [0.4, 0.5) is 5.69 Å². The van der Waals surface area contributed by atoms with Crippen LogP contribution in [0.15, 0.2) is 54.6 Å². The Morgan fingerprint density at radius 1 is 1.00 bits per heavy atom. The summed E-state index contributed by atoms with van der Waals surface area (Å²) in [4.78, 5) is 23.4. The molecule has 0 saturated carbocycles. The molecule has 2 rings (SSSR count). The summed E-state index contributed by atoms with van der Waals surface area (Å²) >= 11 is 1.55. The predicted octanol–water partition coefficient (Wildman–Crippen LogP) is 3.76. The Balaban J connectivity index is 1.86. The highest BCUT2D eigenvalue weighted by Crippen LogP contribution is 2.17. The summed E-state index contributed by atoms with van der Waals surface area (Å²) in [6.07, 6.45) is 0. The molecule has 108 valence electrons. The van der Waals surface area contributed by atoms with E-state index in [1.165, 1.54) is 12.5 Å². The van der Waals surface area contributed by atoms with E-state index in [0.717, 1.165) is 5.75 Å². The van der Waals surface area contributed by atoms with Crippen LogP contribution in [-0.2, 0) is 10.5 Å². The van der Waals surface area contributed by atoms with E-state index < -0.39 is 0 Å². The fraction of sp³-hybridized carbons (Fsp3) is 0.176. The lowest BCUT2D eigenvalue weighted by atomic mass is 10.1. The van der Waals surface area contributed by atoms with Gasteiger partial charge in [0.15, 0.2) is 5.78 Å². The van der Waals surface area contributed by atoms with E-state index in [9.17, 15) is 9.59 Å². The van der Waals surface area contributed by atoms with Crippen molar-refractivity contribution in [2.75, 3.05) is 11.1 Å². The summed E-state index contributed by atoms with van der Waals surface area (Å²) in [5.74, 6) is 1.01. The third kappa shape index (κ3) is 4.76. The van der Waals surface area contributed by atoms with Gasteiger partial charge in [0.2, 0.25) is 5.91 Å². The highest BCUT2D eigenvalue weighted by Gasteiger charge is 2.09. The molecule has 21 heavy (non-hydrogen) atoms. The molecule has 2 aromatic rings. The second-order valence-electron chi connectivity index (χ2n) is 4.63. The van der Waals surface area contributed by atoms with Crippen molar-refractivity contribution in [2.45, 2.75) is 12.7 Å². The van der Waals surface area contributed by atoms with Crippen LogP contribution in [0, 0.1) is 0 Å². The van der Waals surface area contributed by atoms with Gasteiger partial charge in [0.25, 0.3) is 0 Å². The normalized spacial score (nSPS) is 10.1. The quantitative estimate of drug-likeness (QED) is 0.826. The number of rotatable bonds is 6. The Kier molecular flexibility index (Phi) is 5.58. The van der Waals surface area contributed by atoms with Crippen LogP contribution >= 0.6 is 11.8 Å². The van der Waals surface area contributed by atoms with Gasteiger partial charge in [-0.3, -0.25) is 9.59 Å². The molecular weight excluding hydrogens is 282 g/mol. The molecular formula is C17H17NO2S. The lowest BCUT2D eigenvalue weighted by molar-refractivity contribution is -0.113. The van der Waals surface area contributed by atoms with Crippen LogP contribution in [-0.4, -0.2) is 17.4 Å². The first kappa shape index (κ1) is 15.3. The molecule has 0 atom stereocenters. The third-order valence-electron chi connectivity index (χ3n) is 2.93. The molecule has 0 aliphatic heterocycles. The van der Waals surface area contributed by atoms with Crippen molar-refractivity contribution >= 4 is 29.1 Å². The van der Waals surface area contributed by atoms with Crippen LogP contribution in [0.3, 0.4) is 0 Å². The van der Waals surface area contributed by atoms with Gasteiger partial charge in [0, 0.05) is 11.3 Å². The van der Waals surface area contributed by atoms with Gasteiger partial charge in [0.1, 0.15) is 0 Å². The Bertz CT molecular complexity index is 626. The van der Waals surface area contributed by atoms with Gasteiger partial charge >= 0.3 is 0 Å². The minimum absolute atomic E-state index is 0.0529. The van der Waals surface area contributed by atoms with Gasteiger partial charge < -0.3 is 5.32 Å². The number of amides is 1. The van der Waals surface area contributed by atoms with Crippen LogP contribution in [0.2, 0.25) is 0 Å². The molecule has 3 nitrogen and oxygen atoms in total. The summed E-state index contributed by atoms with van der Waals surface area (Å²) in [5.41, 5.74) is 2.31. The number of benzene rings is 2. The number of ketones is 1. The minimum atomic E-state index is -0.0929. The molecule has 2 aromatic carbocycles. The smallest absolute Gasteiger partial charge is 0.234 e. The zero-order chi connectivity index (χ0) is 15.1. The van der Waals surface area contributed by atoms with E-state index in [1.807, 2.05) is 30.3 Å². The van der Waals surface area contributed by atoms with Crippen LogP contribution in [0.1, 0.15) is 22.8 Å². The maximum Gasteiger partial charge on any atom is 0.234 e. The number of thioether (sulfide) groups is 1. The first-order valence-electron chi connectivity index (χ1n) is 6.68. The molecule has 1 amide bonds. The van der Waals surface area contributed by atoms with E-state index in [0.29, 0.717) is 17.0 Å². The maximum absolute atomic E-state index is 11.9. The molecule has 0 heterocycles. The topological polar surface area (TPSA) is 46.2 Å². The Hall–Kier alpha value is -2.07. The van der Waals surface area contributed by atoms with E-state index in [4.69, 9.17) is 0 Å². The molecule has 0 aliphatic rings. The summed E-state index contributed by atoms with van der Waals surface area (Å²) in [5, 5.41) is 2.80. The number of anilines is 1. The molecule has 0 saturated heterocycles. The maximum atomic E-state index is 11.9. The first-order chi connectivity index (χ1) is 10.2. The molecule has 0 aromatic heterocycles. The monoisotopic (exact) mass is 299 g/mol. The standard InChI is InChI=1S/C17H17NO2S/c1-13(19)15-9-5-6-10-16(15)18-17(20)12-21-11-14-7-3-2-4-8-14/h2-10H,11-12H2,1H3,(H,18,20). The predicted molar refractivity (Wildman–Crippen MR) is 87.7 cm³/mol. The first-order valence-corrected chi connectivity index (χ1v) is 7.84. The van der Waals surface area contributed by atoms with Crippen molar-refractivity contribution in [2.24, 2.45) is 0 Å². The van der Waals surface area contributed by atoms with E-state index >= 15 is 0 Å². The summed E-state index contributed by atoms with van der Waals surface area (Å²) < 4.78 is 0. The highest BCUT2D eigenvalue weighted by atomic mass is 32.2. The average Bonchev–Trinajstić information content (AvgIpc) is 2.48. The third-order valence-corrected chi connectivity index (χ3v) is 3.93. The fourth-order valence-corrected chi connectivity index (χ4v) is 2.71. The van der Waals surface area contributed by atoms with Crippen molar-refractivity contribution in [3.8, 4) is 0 Å². The fourth-order valence-electron chi connectivity index (χ4n) is 1.92. The molecule has 0 spiro atoms. The zero-order valence-corrected chi connectivity index (χ0v) is 12.7. The molecule has 0 bridgehead atoms. The number of Topliss-reactive ketones (excluding diaryl/α,β-unsaturated/α-hetero) is 1. The highest BCUT2D eigenvalue weighted by molar-refractivity contribution is 7.99. The van der Waals surface area contributed by atoms with Crippen molar-refractivity contribution in [1.82, 2.24) is 0 Å². The second kappa shape index (κ2) is 7.64. The molecule has 0 fully saturated rings. The number of hydrogen-bond acceptors (Lipinski definition) is 3. The van der Waals surface area contributed by atoms with Gasteiger partial charge in [-0.2, -0.15) is 0 Å². The molecule has 4 heteroatoms. The van der Waals surface area contributed by atoms with Gasteiger partial charge in [-0.15, -0.1) is 11.8 Å². The zero-order valence-electron chi connectivity index (χ0n) is 11.8. The van der Waals surface area contributed by atoms with Crippen molar-refractivity contribution in [3.05, 3.63) is 65.7 Å². The largest absolute Gasteiger partial charge is 0.325 e. The summed E-state index contributed by atoms with van der Waals surface area (Å²) in [7, 11) is 0. The number of carbonyl (C=O) groups is 2. The van der Waals surface area contributed by atoms with Crippen LogP contribution in [0.25, 0.3) is 0 Å². The lowest BCUT2D eigenvalue weighted by Crippen LogP contribution is -2.16. The number of nitrogens with one attached hydrogen (secondary N) is 1. The molecule has 0 unspecified atom stereocenters. The Morgan fingerprint density at radius 3 is 2.38 bits per heavy atom. The van der Waals surface area contributed by atoms with Gasteiger partial charge in [-0.1, -0.05) is 42.5 Å². The Labute approximate surface area is 128 Å². The van der Waals surface area contributed by atoms with E-state index in [1.54, 1.807) is 36.0 Å².